The van der Waals surface area contributed by atoms with E-state index < -0.39 is 0 Å². The molecule has 1 aliphatic heterocycles. The predicted octanol–water partition coefficient (Wildman–Crippen LogP) is 0.919. The van der Waals surface area contributed by atoms with E-state index in [1.165, 1.54) is 18.5 Å². The summed E-state index contributed by atoms with van der Waals surface area (Å²) in [6.45, 7) is 5.41. The number of oxime groups is 1. The van der Waals surface area contributed by atoms with Crippen molar-refractivity contribution in [2.75, 3.05) is 33.2 Å². The Balaban J connectivity index is 2.02. The van der Waals surface area contributed by atoms with Crippen molar-refractivity contribution in [1.82, 2.24) is 9.80 Å². The maximum absolute atomic E-state index is 8.71. The zero-order chi connectivity index (χ0) is 13.7. The topological polar surface area (TPSA) is 65.1 Å². The van der Waals surface area contributed by atoms with Crippen LogP contribution in [-0.4, -0.2) is 54.1 Å². The molecular formula is C14H22N4O. The lowest BCUT2D eigenvalue weighted by atomic mass is 10.1. The molecule has 0 atom stereocenters. The van der Waals surface area contributed by atoms with Crippen molar-refractivity contribution in [3.8, 4) is 0 Å². The van der Waals surface area contributed by atoms with E-state index in [0.29, 0.717) is 0 Å². The van der Waals surface area contributed by atoms with Gasteiger partial charge in [-0.15, -0.1) is 0 Å². The first-order valence-electron chi connectivity index (χ1n) is 6.67. The van der Waals surface area contributed by atoms with E-state index in [1.807, 2.05) is 18.2 Å². The molecule has 5 heteroatoms. The van der Waals surface area contributed by atoms with Gasteiger partial charge >= 0.3 is 0 Å². The van der Waals surface area contributed by atoms with Crippen LogP contribution in [0.25, 0.3) is 0 Å². The van der Waals surface area contributed by atoms with Crippen LogP contribution in [0.4, 0.5) is 0 Å². The summed E-state index contributed by atoms with van der Waals surface area (Å²) in [4.78, 5) is 4.82. The van der Waals surface area contributed by atoms with Crippen LogP contribution in [-0.2, 0) is 6.54 Å². The average molecular weight is 262 g/mol. The van der Waals surface area contributed by atoms with Gasteiger partial charge in [0.2, 0.25) is 0 Å². The molecule has 0 amide bonds. The van der Waals surface area contributed by atoms with Crippen LogP contribution in [0.3, 0.4) is 0 Å². The SMILES string of the molecule is CN1CCCN(Cc2cccc(/C(N)=N/O)c2)CC1. The minimum absolute atomic E-state index is 0.164. The summed E-state index contributed by atoms with van der Waals surface area (Å²) in [7, 11) is 2.17. The maximum Gasteiger partial charge on any atom is 0.170 e. The van der Waals surface area contributed by atoms with Crippen LogP contribution in [0.2, 0.25) is 0 Å². The molecule has 0 bridgehead atoms. The van der Waals surface area contributed by atoms with Crippen LogP contribution >= 0.6 is 0 Å². The highest BCUT2D eigenvalue weighted by molar-refractivity contribution is 5.97. The summed E-state index contributed by atoms with van der Waals surface area (Å²) < 4.78 is 0. The number of amidine groups is 1. The fourth-order valence-corrected chi connectivity index (χ4v) is 2.40. The molecule has 0 unspecified atom stereocenters. The van der Waals surface area contributed by atoms with E-state index in [4.69, 9.17) is 10.9 Å². The first-order chi connectivity index (χ1) is 9.19. The Morgan fingerprint density at radius 1 is 1.32 bits per heavy atom. The van der Waals surface area contributed by atoms with E-state index in [1.54, 1.807) is 0 Å². The molecule has 2 rings (SSSR count). The number of nitrogens with zero attached hydrogens (tertiary/aromatic N) is 3. The van der Waals surface area contributed by atoms with Gasteiger partial charge < -0.3 is 15.8 Å². The largest absolute Gasteiger partial charge is 0.409 e. The molecule has 104 valence electrons. The van der Waals surface area contributed by atoms with Crippen LogP contribution in [0.5, 0.6) is 0 Å². The van der Waals surface area contributed by atoms with E-state index in [9.17, 15) is 0 Å². The van der Waals surface area contributed by atoms with Gasteiger partial charge in [-0.05, 0) is 38.2 Å². The van der Waals surface area contributed by atoms with Gasteiger partial charge in [0.15, 0.2) is 5.84 Å². The van der Waals surface area contributed by atoms with Crippen molar-refractivity contribution in [2.45, 2.75) is 13.0 Å². The Labute approximate surface area is 114 Å². The third-order valence-corrected chi connectivity index (χ3v) is 3.55. The Hall–Kier alpha value is -1.59. The monoisotopic (exact) mass is 262 g/mol. The molecule has 0 radical (unpaired) electrons. The molecule has 1 aliphatic rings. The highest BCUT2D eigenvalue weighted by atomic mass is 16.4. The summed E-state index contributed by atoms with van der Waals surface area (Å²) >= 11 is 0. The van der Waals surface area contributed by atoms with Crippen molar-refractivity contribution in [1.29, 1.82) is 0 Å². The minimum Gasteiger partial charge on any atom is -0.409 e. The molecule has 1 heterocycles. The second kappa shape index (κ2) is 6.54. The maximum atomic E-state index is 8.71. The Bertz CT molecular complexity index is 447. The molecule has 0 saturated carbocycles. The third-order valence-electron chi connectivity index (χ3n) is 3.55. The zero-order valence-corrected chi connectivity index (χ0v) is 11.4. The van der Waals surface area contributed by atoms with Gasteiger partial charge in [-0.25, -0.2) is 0 Å². The predicted molar refractivity (Wildman–Crippen MR) is 76.3 cm³/mol. The van der Waals surface area contributed by atoms with Gasteiger partial charge in [0.05, 0.1) is 0 Å². The van der Waals surface area contributed by atoms with Crippen molar-refractivity contribution < 1.29 is 5.21 Å². The molecular weight excluding hydrogens is 240 g/mol. The number of rotatable bonds is 3. The number of likely N-dealkylation sites (N-methyl/N-ethyl adjacent to an activating group) is 1. The molecule has 0 aliphatic carbocycles. The highest BCUT2D eigenvalue weighted by Gasteiger charge is 2.12. The molecule has 19 heavy (non-hydrogen) atoms. The smallest absolute Gasteiger partial charge is 0.170 e. The van der Waals surface area contributed by atoms with Gasteiger partial charge in [0.1, 0.15) is 0 Å². The van der Waals surface area contributed by atoms with E-state index >= 15 is 0 Å². The van der Waals surface area contributed by atoms with Gasteiger partial charge in [-0.1, -0.05) is 23.4 Å². The first-order valence-corrected chi connectivity index (χ1v) is 6.67. The molecule has 3 N–H and O–H groups in total. The Morgan fingerprint density at radius 2 is 2.16 bits per heavy atom. The molecule has 1 fully saturated rings. The van der Waals surface area contributed by atoms with Gasteiger partial charge in [-0.2, -0.15) is 0 Å². The van der Waals surface area contributed by atoms with Crippen molar-refractivity contribution >= 4 is 5.84 Å². The fourth-order valence-electron chi connectivity index (χ4n) is 2.40. The van der Waals surface area contributed by atoms with Crippen LogP contribution in [0, 0.1) is 0 Å². The summed E-state index contributed by atoms with van der Waals surface area (Å²) in [5, 5.41) is 11.8. The summed E-state index contributed by atoms with van der Waals surface area (Å²) in [5.74, 6) is 0.164. The Morgan fingerprint density at radius 3 is 2.95 bits per heavy atom. The second-order valence-electron chi connectivity index (χ2n) is 5.12. The third kappa shape index (κ3) is 3.94. The second-order valence-corrected chi connectivity index (χ2v) is 5.12. The quantitative estimate of drug-likeness (QED) is 0.368. The molecule has 1 aromatic rings. The van der Waals surface area contributed by atoms with Crippen molar-refractivity contribution in [3.63, 3.8) is 0 Å². The van der Waals surface area contributed by atoms with E-state index in [2.05, 4.69) is 28.1 Å². The van der Waals surface area contributed by atoms with E-state index in [-0.39, 0.29) is 5.84 Å². The van der Waals surface area contributed by atoms with Gasteiger partial charge in [0.25, 0.3) is 0 Å². The number of hydrogen-bond donors (Lipinski definition) is 2. The fraction of sp³-hybridized carbons (Fsp3) is 0.500. The van der Waals surface area contributed by atoms with Crippen molar-refractivity contribution in [2.24, 2.45) is 10.9 Å². The number of benzene rings is 1. The van der Waals surface area contributed by atoms with Crippen LogP contribution < -0.4 is 5.73 Å². The Kier molecular flexibility index (Phi) is 4.76. The lowest BCUT2D eigenvalue weighted by Crippen LogP contribution is -2.28. The van der Waals surface area contributed by atoms with Crippen LogP contribution in [0.15, 0.2) is 29.4 Å². The summed E-state index contributed by atoms with van der Waals surface area (Å²) in [6, 6.07) is 7.88. The minimum atomic E-state index is 0.164. The normalized spacial score (nSPS) is 19.3. The van der Waals surface area contributed by atoms with Crippen LogP contribution in [0.1, 0.15) is 17.5 Å². The summed E-state index contributed by atoms with van der Waals surface area (Å²) in [6.07, 6.45) is 1.20. The van der Waals surface area contributed by atoms with Crippen molar-refractivity contribution in [3.05, 3.63) is 35.4 Å². The lowest BCUT2D eigenvalue weighted by Gasteiger charge is -2.20. The summed E-state index contributed by atoms with van der Waals surface area (Å²) in [5.41, 5.74) is 7.59. The molecule has 0 aromatic heterocycles. The molecule has 1 saturated heterocycles. The van der Waals surface area contributed by atoms with Gasteiger partial charge in [0, 0.05) is 25.2 Å². The van der Waals surface area contributed by atoms with Gasteiger partial charge in [-0.3, -0.25) is 4.90 Å². The average Bonchev–Trinajstić information content (AvgIpc) is 2.63. The highest BCUT2D eigenvalue weighted by Crippen LogP contribution is 2.10. The number of nitrogens with two attached hydrogens (primary N) is 1. The molecule has 5 nitrogen and oxygen atoms in total. The standard InChI is InChI=1S/C14H22N4O/c1-17-6-3-7-18(9-8-17)11-12-4-2-5-13(10-12)14(15)16-19/h2,4-5,10,19H,3,6-9,11H2,1H3,(H2,15,16). The molecule has 0 spiro atoms. The van der Waals surface area contributed by atoms with E-state index in [0.717, 1.165) is 31.7 Å². The lowest BCUT2D eigenvalue weighted by molar-refractivity contribution is 0.269. The zero-order valence-electron chi connectivity index (χ0n) is 11.4. The first kappa shape index (κ1) is 13.8. The molecule has 1 aromatic carbocycles. The number of hydrogen-bond acceptors (Lipinski definition) is 4.